The van der Waals surface area contributed by atoms with E-state index >= 15 is 0 Å². The second kappa shape index (κ2) is 4.32. The molecule has 2 rings (SSSR count). The van der Waals surface area contributed by atoms with Gasteiger partial charge >= 0.3 is 0 Å². The Kier molecular flexibility index (Phi) is 3.04. The molecule has 5 nitrogen and oxygen atoms in total. The number of aliphatic hydroxyl groups excluding tert-OH is 1. The average molecular weight is 239 g/mol. The van der Waals surface area contributed by atoms with E-state index in [1.807, 2.05) is 12.3 Å². The van der Waals surface area contributed by atoms with Crippen molar-refractivity contribution in [3.63, 3.8) is 0 Å². The zero-order valence-corrected chi connectivity index (χ0v) is 9.70. The van der Waals surface area contributed by atoms with Gasteiger partial charge in [0, 0.05) is 6.54 Å². The fourth-order valence-electron chi connectivity index (χ4n) is 1.49. The first kappa shape index (κ1) is 11.3. The molecule has 6 heteroatoms. The lowest BCUT2D eigenvalue weighted by atomic mass is 10.3. The van der Waals surface area contributed by atoms with Gasteiger partial charge < -0.3 is 10.8 Å². The normalized spacial score (nSPS) is 13.2. The highest BCUT2D eigenvalue weighted by molar-refractivity contribution is 7.17. The maximum atomic E-state index is 12.0. The highest BCUT2D eigenvalue weighted by atomic mass is 32.1. The fraction of sp³-hybridized carbons (Fsp3) is 0.400. The number of hydrogen-bond acceptors (Lipinski definition) is 5. The average Bonchev–Trinajstić information content (AvgIpc) is 2.65. The molecule has 1 atom stereocenters. The Balaban J connectivity index is 2.49. The topological polar surface area (TPSA) is 81.1 Å². The summed E-state index contributed by atoms with van der Waals surface area (Å²) in [4.78, 5) is 16.2. The quantitative estimate of drug-likeness (QED) is 0.795. The van der Waals surface area contributed by atoms with Gasteiger partial charge in [-0.3, -0.25) is 9.36 Å². The second-order valence-corrected chi connectivity index (χ2v) is 4.57. The zero-order valence-electron chi connectivity index (χ0n) is 8.88. The number of fused-ring (bicyclic) bond motifs is 1. The van der Waals surface area contributed by atoms with Gasteiger partial charge in [0.2, 0.25) is 0 Å². The van der Waals surface area contributed by atoms with Crippen LogP contribution in [-0.2, 0) is 6.54 Å². The summed E-state index contributed by atoms with van der Waals surface area (Å²) in [5, 5.41) is 11.3. The molecular weight excluding hydrogens is 226 g/mol. The Hall–Kier alpha value is -1.24. The van der Waals surface area contributed by atoms with Crippen LogP contribution in [0.15, 0.2) is 16.5 Å². The zero-order chi connectivity index (χ0) is 11.7. The summed E-state index contributed by atoms with van der Waals surface area (Å²) < 4.78 is 2.03. The van der Waals surface area contributed by atoms with Crippen molar-refractivity contribution in [1.82, 2.24) is 9.55 Å². The van der Waals surface area contributed by atoms with Crippen LogP contribution in [-0.4, -0.2) is 27.3 Å². The SMILES string of the molecule is Cc1csc2c(=O)n(CC(O)CN)cnc12. The molecule has 2 aromatic heterocycles. The van der Waals surface area contributed by atoms with E-state index in [-0.39, 0.29) is 18.6 Å². The Morgan fingerprint density at radius 3 is 3.12 bits per heavy atom. The summed E-state index contributed by atoms with van der Waals surface area (Å²) in [5.41, 5.74) is 6.94. The maximum absolute atomic E-state index is 12.0. The van der Waals surface area contributed by atoms with Crippen molar-refractivity contribution in [3.05, 3.63) is 27.6 Å². The van der Waals surface area contributed by atoms with Gasteiger partial charge in [-0.2, -0.15) is 0 Å². The number of nitrogens with two attached hydrogens (primary N) is 1. The van der Waals surface area contributed by atoms with Gasteiger partial charge in [-0.25, -0.2) is 4.98 Å². The van der Waals surface area contributed by atoms with Gasteiger partial charge in [0.25, 0.3) is 5.56 Å². The second-order valence-electron chi connectivity index (χ2n) is 3.69. The molecule has 0 bridgehead atoms. The third-order valence-corrected chi connectivity index (χ3v) is 3.48. The van der Waals surface area contributed by atoms with Crippen molar-refractivity contribution in [2.24, 2.45) is 5.73 Å². The van der Waals surface area contributed by atoms with Crippen molar-refractivity contribution in [2.75, 3.05) is 6.54 Å². The minimum absolute atomic E-state index is 0.115. The van der Waals surface area contributed by atoms with Crippen molar-refractivity contribution in [1.29, 1.82) is 0 Å². The minimum atomic E-state index is -0.710. The van der Waals surface area contributed by atoms with E-state index in [0.717, 1.165) is 11.1 Å². The van der Waals surface area contributed by atoms with Crippen molar-refractivity contribution in [3.8, 4) is 0 Å². The van der Waals surface area contributed by atoms with E-state index in [2.05, 4.69) is 4.98 Å². The Morgan fingerprint density at radius 1 is 1.69 bits per heavy atom. The molecule has 3 N–H and O–H groups in total. The summed E-state index contributed by atoms with van der Waals surface area (Å²) in [6.45, 7) is 2.24. The van der Waals surface area contributed by atoms with Crippen molar-refractivity contribution < 1.29 is 5.11 Å². The highest BCUT2D eigenvalue weighted by Gasteiger charge is 2.10. The molecule has 0 aliphatic rings. The highest BCUT2D eigenvalue weighted by Crippen LogP contribution is 2.19. The van der Waals surface area contributed by atoms with E-state index in [9.17, 15) is 9.90 Å². The molecule has 16 heavy (non-hydrogen) atoms. The molecular formula is C10H13N3O2S. The maximum Gasteiger partial charge on any atom is 0.271 e. The molecule has 2 heterocycles. The van der Waals surface area contributed by atoms with Gasteiger partial charge in [-0.15, -0.1) is 11.3 Å². The lowest BCUT2D eigenvalue weighted by Crippen LogP contribution is -2.31. The van der Waals surface area contributed by atoms with Crippen LogP contribution in [0, 0.1) is 6.92 Å². The van der Waals surface area contributed by atoms with E-state index in [1.165, 1.54) is 22.2 Å². The largest absolute Gasteiger partial charge is 0.390 e. The summed E-state index contributed by atoms with van der Waals surface area (Å²) in [5.74, 6) is 0. The first-order valence-electron chi connectivity index (χ1n) is 4.95. The molecule has 0 spiro atoms. The Bertz CT molecular complexity index is 561. The molecule has 0 saturated heterocycles. The molecule has 0 fully saturated rings. The first-order valence-corrected chi connectivity index (χ1v) is 5.83. The van der Waals surface area contributed by atoms with Gasteiger partial charge in [-0.1, -0.05) is 0 Å². The van der Waals surface area contributed by atoms with Crippen LogP contribution in [0.4, 0.5) is 0 Å². The number of rotatable bonds is 3. The number of thiophene rings is 1. The van der Waals surface area contributed by atoms with Gasteiger partial charge in [0.1, 0.15) is 4.70 Å². The van der Waals surface area contributed by atoms with Crippen molar-refractivity contribution >= 4 is 21.6 Å². The standard InChI is InChI=1S/C10H13N3O2S/c1-6-4-16-9-8(6)12-5-13(10(9)15)3-7(14)2-11/h4-5,7,14H,2-3,11H2,1H3. The van der Waals surface area contributed by atoms with Crippen LogP contribution >= 0.6 is 11.3 Å². The number of aryl methyl sites for hydroxylation is 1. The number of aromatic nitrogens is 2. The van der Waals surface area contributed by atoms with E-state index in [4.69, 9.17) is 5.73 Å². The van der Waals surface area contributed by atoms with Crippen LogP contribution in [0.5, 0.6) is 0 Å². The van der Waals surface area contributed by atoms with Gasteiger partial charge in [-0.05, 0) is 17.9 Å². The Labute approximate surface area is 96.2 Å². The molecule has 0 saturated carbocycles. The third kappa shape index (κ3) is 1.87. The minimum Gasteiger partial charge on any atom is -0.390 e. The lowest BCUT2D eigenvalue weighted by Gasteiger charge is -2.09. The molecule has 1 unspecified atom stereocenters. The van der Waals surface area contributed by atoms with E-state index in [0.29, 0.717) is 4.70 Å². The Morgan fingerprint density at radius 2 is 2.44 bits per heavy atom. The van der Waals surface area contributed by atoms with Crippen LogP contribution < -0.4 is 11.3 Å². The van der Waals surface area contributed by atoms with Crippen LogP contribution in [0.25, 0.3) is 10.2 Å². The molecule has 0 aromatic carbocycles. The first-order chi connectivity index (χ1) is 7.63. The fourth-order valence-corrected chi connectivity index (χ4v) is 2.44. The number of nitrogens with zero attached hydrogens (tertiary/aromatic N) is 2. The van der Waals surface area contributed by atoms with E-state index < -0.39 is 6.10 Å². The molecule has 0 radical (unpaired) electrons. The number of aliphatic hydroxyl groups is 1. The van der Waals surface area contributed by atoms with Crippen LogP contribution in [0.2, 0.25) is 0 Å². The number of hydrogen-bond donors (Lipinski definition) is 2. The summed E-state index contributed by atoms with van der Waals surface area (Å²) in [6.07, 6.45) is 0.751. The summed E-state index contributed by atoms with van der Waals surface area (Å²) in [7, 11) is 0. The smallest absolute Gasteiger partial charge is 0.271 e. The predicted octanol–water partition coefficient (Wildman–Crippen LogP) is 0.0860. The molecule has 0 aliphatic carbocycles. The monoisotopic (exact) mass is 239 g/mol. The van der Waals surface area contributed by atoms with Crippen molar-refractivity contribution in [2.45, 2.75) is 19.6 Å². The van der Waals surface area contributed by atoms with Crippen LogP contribution in [0.3, 0.4) is 0 Å². The third-order valence-electron chi connectivity index (χ3n) is 2.40. The molecule has 86 valence electrons. The molecule has 0 aliphatic heterocycles. The molecule has 0 amide bonds. The van der Waals surface area contributed by atoms with Crippen LogP contribution in [0.1, 0.15) is 5.56 Å². The summed E-state index contributed by atoms with van der Waals surface area (Å²) in [6, 6.07) is 0. The van der Waals surface area contributed by atoms with Gasteiger partial charge in [0.15, 0.2) is 0 Å². The summed E-state index contributed by atoms with van der Waals surface area (Å²) >= 11 is 1.38. The molecule has 2 aromatic rings. The lowest BCUT2D eigenvalue weighted by molar-refractivity contribution is 0.160. The van der Waals surface area contributed by atoms with E-state index in [1.54, 1.807) is 0 Å². The predicted molar refractivity (Wildman–Crippen MR) is 63.7 cm³/mol. The van der Waals surface area contributed by atoms with Gasteiger partial charge in [0.05, 0.1) is 24.5 Å².